The minimum absolute atomic E-state index is 0.00661. The van der Waals surface area contributed by atoms with E-state index in [1.54, 1.807) is 6.07 Å². The number of hydrogen-bond donors (Lipinski definition) is 0. The monoisotopic (exact) mass is 612 g/mol. The number of hydrogen-bond acceptors (Lipinski definition) is 0. The van der Waals surface area contributed by atoms with Crippen LogP contribution in [0.5, 0.6) is 0 Å². The van der Waals surface area contributed by atoms with Crippen LogP contribution in [-0.4, -0.2) is 0 Å². The average molecular weight is 613 g/mol. The zero-order valence-electron chi connectivity index (χ0n) is 24.4. The van der Waals surface area contributed by atoms with Crippen molar-refractivity contribution < 1.29 is 35.1 Å². The molecule has 0 amide bonds. The van der Waals surface area contributed by atoms with E-state index in [1.165, 1.54) is 6.07 Å². The van der Waals surface area contributed by atoms with Gasteiger partial charge in [-0.1, -0.05) is 31.1 Å². The van der Waals surface area contributed by atoms with Crippen LogP contribution in [-0.2, 0) is 6.18 Å². The Hall–Kier alpha value is -2.64. The van der Waals surface area contributed by atoms with E-state index in [-0.39, 0.29) is 29.4 Å². The largest absolute Gasteiger partial charge is 0.422 e. The van der Waals surface area contributed by atoms with Crippen molar-refractivity contribution in [1.82, 2.24) is 0 Å². The Morgan fingerprint density at radius 1 is 0.721 bits per heavy atom. The van der Waals surface area contributed by atoms with E-state index >= 15 is 4.39 Å². The smallest absolute Gasteiger partial charge is 0.209 e. The lowest BCUT2D eigenvalue weighted by Gasteiger charge is -2.38. The first-order chi connectivity index (χ1) is 20.5. The fraction of sp³-hybridized carbons (Fsp3) is 0.543. The Bertz CT molecular complexity index is 1240. The highest BCUT2D eigenvalue weighted by atomic mass is 19.4. The highest BCUT2D eigenvalue weighted by Gasteiger charge is 2.39. The molecule has 236 valence electrons. The summed E-state index contributed by atoms with van der Waals surface area (Å²) in [4.78, 5) is 0. The third-order valence-corrected chi connectivity index (χ3v) is 9.52. The maximum Gasteiger partial charge on any atom is 0.422 e. The molecular weight excluding hydrogens is 572 g/mol. The maximum atomic E-state index is 15.1. The van der Waals surface area contributed by atoms with Crippen LogP contribution in [0.3, 0.4) is 0 Å². The van der Waals surface area contributed by atoms with Gasteiger partial charge in [0.1, 0.15) is 28.8 Å². The number of halogens is 8. The van der Waals surface area contributed by atoms with Crippen LogP contribution in [0.4, 0.5) is 35.1 Å². The Labute approximate surface area is 249 Å². The van der Waals surface area contributed by atoms with Gasteiger partial charge in [0, 0.05) is 12.0 Å². The normalized spacial score (nSPS) is 23.6. The molecule has 8 heteroatoms. The molecule has 4 rings (SSSR count). The van der Waals surface area contributed by atoms with Crippen LogP contribution < -0.4 is 0 Å². The highest BCUT2D eigenvalue weighted by molar-refractivity contribution is 5.61. The van der Waals surface area contributed by atoms with Crippen LogP contribution in [0.1, 0.15) is 124 Å². The highest BCUT2D eigenvalue weighted by Crippen LogP contribution is 2.47. The summed E-state index contributed by atoms with van der Waals surface area (Å²) in [5.74, 6) is -4.89. The van der Waals surface area contributed by atoms with Gasteiger partial charge in [0.05, 0.1) is 0 Å². The van der Waals surface area contributed by atoms with E-state index < -0.39 is 40.8 Å². The third-order valence-electron chi connectivity index (χ3n) is 9.52. The van der Waals surface area contributed by atoms with Crippen molar-refractivity contribution in [2.24, 2.45) is 11.8 Å². The van der Waals surface area contributed by atoms with E-state index in [0.717, 1.165) is 82.4 Å². The van der Waals surface area contributed by atoms with Gasteiger partial charge in [-0.15, -0.1) is 6.58 Å². The lowest BCUT2D eigenvalue weighted by molar-refractivity contribution is -0.142. The number of allylic oxidation sites excluding steroid dienone is 2. The first-order valence-corrected chi connectivity index (χ1v) is 15.5. The van der Waals surface area contributed by atoms with Crippen molar-refractivity contribution in [2.45, 2.75) is 108 Å². The summed E-state index contributed by atoms with van der Waals surface area (Å²) in [6, 6.07) is 5.77. The molecule has 0 spiro atoms. The van der Waals surface area contributed by atoms with Crippen LogP contribution >= 0.6 is 0 Å². The number of benzene rings is 2. The molecule has 0 bridgehead atoms. The molecule has 2 fully saturated rings. The average Bonchev–Trinajstić information content (AvgIpc) is 2.97. The molecule has 0 unspecified atom stereocenters. The first-order valence-electron chi connectivity index (χ1n) is 15.5. The summed E-state index contributed by atoms with van der Waals surface area (Å²) in [7, 11) is 0. The molecule has 0 radical (unpaired) electrons. The van der Waals surface area contributed by atoms with Crippen LogP contribution in [0, 0.1) is 29.3 Å². The zero-order chi connectivity index (χ0) is 31.1. The number of rotatable bonds is 11. The molecule has 2 aliphatic rings. The second kappa shape index (κ2) is 14.9. The van der Waals surface area contributed by atoms with E-state index in [0.29, 0.717) is 36.7 Å². The van der Waals surface area contributed by atoms with Crippen LogP contribution in [0.25, 0.3) is 5.83 Å². The van der Waals surface area contributed by atoms with Gasteiger partial charge in [-0.25, -0.2) is 22.0 Å². The van der Waals surface area contributed by atoms with Gasteiger partial charge in [0.15, 0.2) is 5.83 Å². The molecule has 0 heterocycles. The van der Waals surface area contributed by atoms with Gasteiger partial charge in [-0.2, -0.15) is 13.2 Å². The van der Waals surface area contributed by atoms with E-state index in [4.69, 9.17) is 0 Å². The summed E-state index contributed by atoms with van der Waals surface area (Å²) in [5.41, 5.74) is -1.13. The number of unbranched alkanes of at least 4 members (excludes halogenated alkanes) is 4. The Morgan fingerprint density at radius 2 is 1.28 bits per heavy atom. The Morgan fingerprint density at radius 3 is 1.81 bits per heavy atom. The lowest BCUT2D eigenvalue weighted by atomic mass is 9.67. The summed E-state index contributed by atoms with van der Waals surface area (Å²) in [6.45, 7) is 3.66. The zero-order valence-corrected chi connectivity index (χ0v) is 24.4. The molecule has 43 heavy (non-hydrogen) atoms. The summed E-state index contributed by atoms with van der Waals surface area (Å²) in [6.07, 6.45) is 7.15. The summed E-state index contributed by atoms with van der Waals surface area (Å²) < 4.78 is 111. The second-order valence-corrected chi connectivity index (χ2v) is 12.3. The van der Waals surface area contributed by atoms with Gasteiger partial charge >= 0.3 is 6.18 Å². The second-order valence-electron chi connectivity index (χ2n) is 12.3. The minimum atomic E-state index is -5.08. The molecule has 2 aromatic carbocycles. The molecule has 2 saturated carbocycles. The van der Waals surface area contributed by atoms with Crippen molar-refractivity contribution in [3.8, 4) is 0 Å². The van der Waals surface area contributed by atoms with Gasteiger partial charge < -0.3 is 0 Å². The fourth-order valence-corrected chi connectivity index (χ4v) is 7.11. The van der Waals surface area contributed by atoms with Crippen LogP contribution in [0.2, 0.25) is 0 Å². The molecule has 0 aliphatic heterocycles. The van der Waals surface area contributed by atoms with Gasteiger partial charge in [0.2, 0.25) is 0 Å². The topological polar surface area (TPSA) is 0 Å². The van der Waals surface area contributed by atoms with Crippen molar-refractivity contribution in [3.63, 3.8) is 0 Å². The van der Waals surface area contributed by atoms with Gasteiger partial charge in [-0.3, -0.25) is 0 Å². The fourth-order valence-electron chi connectivity index (χ4n) is 7.11. The van der Waals surface area contributed by atoms with Gasteiger partial charge in [0.25, 0.3) is 0 Å². The molecule has 0 N–H and O–H groups in total. The van der Waals surface area contributed by atoms with Gasteiger partial charge in [-0.05, 0) is 124 Å². The molecule has 2 aliphatic carbocycles. The number of alkyl halides is 3. The Balaban J connectivity index is 1.27. The standard InChI is InChI=1S/C35H40F8/c1-2-3-4-5-6-7-8-29(36)34(40)26-17-18-28(30(37)19-26)25-15-13-23(14-16-25)22-9-11-24(12-10-22)27-20-31(38)33(32(39)21-27)35(41,42)43/h2,17-25H,1,3-16H2. The molecule has 0 saturated heterocycles. The molecule has 0 aromatic heterocycles. The molecule has 0 nitrogen and oxygen atoms in total. The quantitative estimate of drug-likeness (QED) is 0.135. The van der Waals surface area contributed by atoms with Crippen molar-refractivity contribution in [1.29, 1.82) is 0 Å². The van der Waals surface area contributed by atoms with Crippen LogP contribution in [0.15, 0.2) is 48.8 Å². The van der Waals surface area contributed by atoms with Crippen molar-refractivity contribution >= 4 is 5.83 Å². The maximum absolute atomic E-state index is 15.1. The molecular formula is C35H40F8. The van der Waals surface area contributed by atoms with Crippen molar-refractivity contribution in [3.05, 3.63) is 88.5 Å². The molecule has 0 atom stereocenters. The van der Waals surface area contributed by atoms with E-state index in [2.05, 4.69) is 6.58 Å². The SMILES string of the molecule is C=CCCCCCCC(F)=C(F)c1ccc(C2CCC(C3CCC(c4cc(F)c(C(F)(F)F)c(F)c4)CC3)CC2)c(F)c1. The predicted molar refractivity (Wildman–Crippen MR) is 154 cm³/mol. The van der Waals surface area contributed by atoms with E-state index in [9.17, 15) is 30.7 Å². The minimum Gasteiger partial charge on any atom is -0.209 e. The van der Waals surface area contributed by atoms with Crippen molar-refractivity contribution in [2.75, 3.05) is 0 Å². The van der Waals surface area contributed by atoms with E-state index in [1.807, 2.05) is 6.08 Å². The summed E-state index contributed by atoms with van der Waals surface area (Å²) in [5, 5.41) is 0. The summed E-state index contributed by atoms with van der Waals surface area (Å²) >= 11 is 0. The first kappa shape index (κ1) is 33.3. The third kappa shape index (κ3) is 8.51. The predicted octanol–water partition coefficient (Wildman–Crippen LogP) is 12.5. The lowest BCUT2D eigenvalue weighted by Crippen LogP contribution is -2.25. The Kier molecular flexibility index (Phi) is 11.5. The molecule has 2 aromatic rings.